The van der Waals surface area contributed by atoms with Crippen LogP contribution in [0.4, 0.5) is 0 Å². The van der Waals surface area contributed by atoms with E-state index in [1.165, 1.54) is 18.4 Å². The van der Waals surface area contributed by atoms with Gasteiger partial charge in [0.15, 0.2) is 0 Å². The minimum Gasteiger partial charge on any atom is -0.496 e. The highest BCUT2D eigenvalue weighted by molar-refractivity contribution is 7.13. The molecule has 0 aliphatic carbocycles. The Kier molecular flexibility index (Phi) is 4.35. The Hall–Kier alpha value is -1.93. The van der Waals surface area contributed by atoms with Crippen molar-refractivity contribution in [2.45, 2.75) is 13.5 Å². The monoisotopic (exact) mass is 312 g/mol. The van der Waals surface area contributed by atoms with E-state index in [0.29, 0.717) is 21.3 Å². The number of nitrogens with one attached hydrogen (secondary N) is 1. The molecule has 2 N–H and O–H groups in total. The first-order valence-electron chi connectivity index (χ1n) is 5.61. The molecular formula is C12H12N2O4S2. The molecular weight excluding hydrogens is 300 g/mol. The topological polar surface area (TPSA) is 88.5 Å². The van der Waals surface area contributed by atoms with Gasteiger partial charge in [0.25, 0.3) is 5.91 Å². The minimum absolute atomic E-state index is 0.201. The average molecular weight is 312 g/mol. The second kappa shape index (κ2) is 6.02. The van der Waals surface area contributed by atoms with E-state index in [1.807, 2.05) is 0 Å². The molecule has 2 heterocycles. The van der Waals surface area contributed by atoms with Crippen LogP contribution in [0.2, 0.25) is 0 Å². The van der Waals surface area contributed by atoms with E-state index < -0.39 is 5.97 Å². The highest BCUT2D eigenvalue weighted by Crippen LogP contribution is 2.21. The van der Waals surface area contributed by atoms with Gasteiger partial charge in [-0.2, -0.15) is 0 Å². The van der Waals surface area contributed by atoms with Crippen LogP contribution in [-0.2, 0) is 6.54 Å². The number of thiazole rings is 1. The molecule has 1 amide bonds. The Morgan fingerprint density at radius 1 is 1.50 bits per heavy atom. The van der Waals surface area contributed by atoms with Crippen molar-refractivity contribution in [3.63, 3.8) is 0 Å². The lowest BCUT2D eigenvalue weighted by Crippen LogP contribution is -2.21. The van der Waals surface area contributed by atoms with Gasteiger partial charge in [0, 0.05) is 11.4 Å². The molecule has 20 heavy (non-hydrogen) atoms. The molecule has 0 fully saturated rings. The van der Waals surface area contributed by atoms with E-state index in [4.69, 9.17) is 9.84 Å². The first-order valence-corrected chi connectivity index (χ1v) is 7.31. The van der Waals surface area contributed by atoms with Gasteiger partial charge in [-0.15, -0.1) is 22.7 Å². The standard InChI is InChI=1S/C12H12N2O4S2/c1-6-10(12(16)17)20-9(14-6)4-13-11(15)8-3-7(18-2)5-19-8/h3,5H,4H2,1-2H3,(H,13,15)(H,16,17). The molecule has 0 radical (unpaired) electrons. The Morgan fingerprint density at radius 2 is 2.25 bits per heavy atom. The fourth-order valence-electron chi connectivity index (χ4n) is 1.51. The number of hydrogen-bond donors (Lipinski definition) is 2. The summed E-state index contributed by atoms with van der Waals surface area (Å²) in [4.78, 5) is 27.6. The number of methoxy groups -OCH3 is 1. The van der Waals surface area contributed by atoms with Gasteiger partial charge >= 0.3 is 5.97 Å². The van der Waals surface area contributed by atoms with Crippen molar-refractivity contribution in [1.82, 2.24) is 10.3 Å². The molecule has 6 nitrogen and oxygen atoms in total. The lowest BCUT2D eigenvalue weighted by atomic mass is 10.4. The summed E-state index contributed by atoms with van der Waals surface area (Å²) in [6.45, 7) is 1.84. The van der Waals surface area contributed by atoms with Gasteiger partial charge in [-0.05, 0) is 6.92 Å². The van der Waals surface area contributed by atoms with E-state index >= 15 is 0 Å². The summed E-state index contributed by atoms with van der Waals surface area (Å²) >= 11 is 2.35. The van der Waals surface area contributed by atoms with Gasteiger partial charge in [0.1, 0.15) is 15.6 Å². The lowest BCUT2D eigenvalue weighted by Gasteiger charge is -1.99. The van der Waals surface area contributed by atoms with Crippen LogP contribution in [0.3, 0.4) is 0 Å². The number of carbonyl (C=O) groups is 2. The van der Waals surface area contributed by atoms with Gasteiger partial charge in [-0.25, -0.2) is 9.78 Å². The number of carboxylic acid groups (broad SMARTS) is 1. The summed E-state index contributed by atoms with van der Waals surface area (Å²) in [5.74, 6) is -0.595. The third-order valence-corrected chi connectivity index (χ3v) is 4.52. The third-order valence-electron chi connectivity index (χ3n) is 2.47. The van der Waals surface area contributed by atoms with Gasteiger partial charge in [0.05, 0.1) is 24.2 Å². The predicted molar refractivity (Wildman–Crippen MR) is 75.9 cm³/mol. The quantitative estimate of drug-likeness (QED) is 0.883. The van der Waals surface area contributed by atoms with Gasteiger partial charge < -0.3 is 15.2 Å². The normalized spacial score (nSPS) is 10.3. The highest BCUT2D eigenvalue weighted by Gasteiger charge is 2.15. The van der Waals surface area contributed by atoms with Crippen molar-refractivity contribution in [2.24, 2.45) is 0 Å². The summed E-state index contributed by atoms with van der Waals surface area (Å²) in [7, 11) is 1.54. The maximum Gasteiger partial charge on any atom is 0.347 e. The van der Waals surface area contributed by atoms with Crippen LogP contribution in [0.15, 0.2) is 11.4 Å². The van der Waals surface area contributed by atoms with Crippen LogP contribution >= 0.6 is 22.7 Å². The SMILES string of the molecule is COc1csc(C(=O)NCc2nc(C)c(C(=O)O)s2)c1. The molecule has 8 heteroatoms. The van der Waals surface area contributed by atoms with Gasteiger partial charge in [-0.1, -0.05) is 0 Å². The molecule has 0 bridgehead atoms. The first kappa shape index (κ1) is 14.5. The Balaban J connectivity index is 1.99. The van der Waals surface area contributed by atoms with Crippen molar-refractivity contribution in [1.29, 1.82) is 0 Å². The van der Waals surface area contributed by atoms with Crippen molar-refractivity contribution in [2.75, 3.05) is 7.11 Å². The van der Waals surface area contributed by atoms with Crippen LogP contribution in [0.1, 0.15) is 30.0 Å². The summed E-state index contributed by atoms with van der Waals surface area (Å²) in [6, 6.07) is 1.65. The van der Waals surface area contributed by atoms with Crippen molar-refractivity contribution < 1.29 is 19.4 Å². The number of rotatable bonds is 5. The number of carbonyl (C=O) groups excluding carboxylic acids is 1. The van der Waals surface area contributed by atoms with E-state index in [1.54, 1.807) is 18.4 Å². The largest absolute Gasteiger partial charge is 0.496 e. The van der Waals surface area contributed by atoms with Crippen LogP contribution in [0.5, 0.6) is 5.75 Å². The molecule has 2 aromatic rings. The van der Waals surface area contributed by atoms with E-state index in [2.05, 4.69) is 10.3 Å². The highest BCUT2D eigenvalue weighted by atomic mass is 32.1. The number of thiophene rings is 1. The zero-order chi connectivity index (χ0) is 14.7. The molecule has 0 atom stereocenters. The number of aryl methyl sites for hydroxylation is 1. The van der Waals surface area contributed by atoms with Gasteiger partial charge in [-0.3, -0.25) is 4.79 Å². The second-order valence-corrected chi connectivity index (χ2v) is 5.86. The predicted octanol–water partition coefficient (Wildman–Crippen LogP) is 2.15. The van der Waals surface area contributed by atoms with Crippen molar-refractivity contribution in [3.8, 4) is 5.75 Å². The zero-order valence-electron chi connectivity index (χ0n) is 10.8. The molecule has 2 aromatic heterocycles. The van der Waals surface area contributed by atoms with E-state index in [-0.39, 0.29) is 17.3 Å². The van der Waals surface area contributed by atoms with Crippen LogP contribution in [0.25, 0.3) is 0 Å². The maximum absolute atomic E-state index is 11.9. The Labute approximate surface area is 123 Å². The number of ether oxygens (including phenoxy) is 1. The molecule has 0 aliphatic rings. The molecule has 0 aliphatic heterocycles. The van der Waals surface area contributed by atoms with E-state index in [9.17, 15) is 9.59 Å². The van der Waals surface area contributed by atoms with Crippen molar-refractivity contribution >= 4 is 34.6 Å². The molecule has 0 saturated carbocycles. The zero-order valence-corrected chi connectivity index (χ0v) is 12.4. The van der Waals surface area contributed by atoms with Gasteiger partial charge in [0.2, 0.25) is 0 Å². The fraction of sp³-hybridized carbons (Fsp3) is 0.250. The van der Waals surface area contributed by atoms with Crippen LogP contribution in [-0.4, -0.2) is 29.1 Å². The maximum atomic E-state index is 11.9. The number of aromatic nitrogens is 1. The number of carboxylic acids is 1. The summed E-state index contributed by atoms with van der Waals surface area (Å²) in [5, 5.41) is 13.9. The third kappa shape index (κ3) is 3.14. The van der Waals surface area contributed by atoms with Crippen LogP contribution in [0, 0.1) is 6.92 Å². The minimum atomic E-state index is -0.999. The van der Waals surface area contributed by atoms with Crippen LogP contribution < -0.4 is 10.1 Å². The number of aromatic carboxylic acids is 1. The fourth-order valence-corrected chi connectivity index (χ4v) is 3.13. The molecule has 0 aromatic carbocycles. The Morgan fingerprint density at radius 3 is 2.80 bits per heavy atom. The smallest absolute Gasteiger partial charge is 0.347 e. The van der Waals surface area contributed by atoms with E-state index in [0.717, 1.165) is 11.3 Å². The van der Waals surface area contributed by atoms with Crippen molar-refractivity contribution in [3.05, 3.63) is 31.9 Å². The Bertz CT molecular complexity index is 648. The first-order chi connectivity index (χ1) is 9.51. The molecule has 0 spiro atoms. The number of amides is 1. The lowest BCUT2D eigenvalue weighted by molar-refractivity contribution is 0.0701. The molecule has 106 valence electrons. The summed E-state index contributed by atoms with van der Waals surface area (Å²) in [5.41, 5.74) is 0.463. The number of nitrogens with zero attached hydrogens (tertiary/aromatic N) is 1. The second-order valence-electron chi connectivity index (χ2n) is 3.86. The molecule has 0 saturated heterocycles. The number of hydrogen-bond acceptors (Lipinski definition) is 6. The average Bonchev–Trinajstić information content (AvgIpc) is 3.02. The summed E-state index contributed by atoms with van der Waals surface area (Å²) in [6.07, 6.45) is 0. The molecule has 2 rings (SSSR count). The summed E-state index contributed by atoms with van der Waals surface area (Å²) < 4.78 is 5.01. The molecule has 0 unspecified atom stereocenters.